The van der Waals surface area contributed by atoms with Crippen LogP contribution in [0.25, 0.3) is 0 Å². The molecular formula is C19H16ClF3N4. The fourth-order valence-corrected chi connectivity index (χ4v) is 4.77. The van der Waals surface area contributed by atoms with Gasteiger partial charge in [0.25, 0.3) is 0 Å². The van der Waals surface area contributed by atoms with Crippen LogP contribution in [0.3, 0.4) is 0 Å². The normalized spacial score (nSPS) is 19.9. The highest BCUT2D eigenvalue weighted by atomic mass is 35.5. The van der Waals surface area contributed by atoms with E-state index in [1.54, 1.807) is 12.4 Å². The Morgan fingerprint density at radius 2 is 2.00 bits per heavy atom. The van der Waals surface area contributed by atoms with Gasteiger partial charge in [0.15, 0.2) is 5.69 Å². The summed E-state index contributed by atoms with van der Waals surface area (Å²) in [5.74, 6) is 0. The average molecular weight is 393 g/mol. The third-order valence-electron chi connectivity index (χ3n) is 5.44. The van der Waals surface area contributed by atoms with Gasteiger partial charge in [0.2, 0.25) is 0 Å². The lowest BCUT2D eigenvalue weighted by Gasteiger charge is -2.62. The summed E-state index contributed by atoms with van der Waals surface area (Å²) in [6.07, 6.45) is 2.39. The van der Waals surface area contributed by atoms with Crippen LogP contribution in [0, 0.1) is 22.2 Å². The van der Waals surface area contributed by atoms with E-state index in [4.69, 9.17) is 11.6 Å². The van der Waals surface area contributed by atoms with Gasteiger partial charge >= 0.3 is 6.18 Å². The molecule has 140 valence electrons. The highest BCUT2D eigenvalue weighted by Gasteiger charge is 2.60. The van der Waals surface area contributed by atoms with Gasteiger partial charge in [0, 0.05) is 30.9 Å². The number of nitriles is 1. The zero-order chi connectivity index (χ0) is 19.3. The van der Waals surface area contributed by atoms with Crippen molar-refractivity contribution < 1.29 is 13.2 Å². The molecule has 4 nitrogen and oxygen atoms in total. The Morgan fingerprint density at radius 1 is 1.26 bits per heavy atom. The number of halogens is 4. The summed E-state index contributed by atoms with van der Waals surface area (Å²) in [4.78, 5) is 9.55. The maximum absolute atomic E-state index is 12.8. The fourth-order valence-electron chi connectivity index (χ4n) is 4.50. The maximum atomic E-state index is 12.8. The molecule has 0 amide bonds. The monoisotopic (exact) mass is 392 g/mol. The first kappa shape index (κ1) is 18.1. The Kier molecular flexibility index (Phi) is 4.08. The lowest BCUT2D eigenvalue weighted by atomic mass is 9.48. The quantitative estimate of drug-likeness (QED) is 0.771. The van der Waals surface area contributed by atoms with Crippen molar-refractivity contribution >= 4 is 17.3 Å². The predicted molar refractivity (Wildman–Crippen MR) is 94.1 cm³/mol. The Morgan fingerprint density at radius 3 is 2.56 bits per heavy atom. The van der Waals surface area contributed by atoms with Crippen molar-refractivity contribution in [3.63, 3.8) is 0 Å². The molecule has 1 saturated carbocycles. The number of hydrogen-bond donors (Lipinski definition) is 0. The molecule has 2 aromatic heterocycles. The molecule has 2 aliphatic rings. The number of anilines is 1. The van der Waals surface area contributed by atoms with Gasteiger partial charge in [-0.05, 0) is 37.0 Å². The van der Waals surface area contributed by atoms with E-state index in [-0.39, 0.29) is 10.8 Å². The number of aromatic nitrogens is 2. The molecule has 2 aromatic rings. The number of rotatable bonds is 3. The van der Waals surface area contributed by atoms with E-state index in [1.165, 1.54) is 12.3 Å². The van der Waals surface area contributed by atoms with E-state index < -0.39 is 16.9 Å². The van der Waals surface area contributed by atoms with Crippen molar-refractivity contribution in [1.82, 2.24) is 9.97 Å². The number of pyridine rings is 2. The fraction of sp³-hybridized carbons (Fsp3) is 0.421. The van der Waals surface area contributed by atoms with Crippen LogP contribution in [0.1, 0.15) is 24.1 Å². The first-order valence-corrected chi connectivity index (χ1v) is 8.90. The molecule has 27 heavy (non-hydrogen) atoms. The summed E-state index contributed by atoms with van der Waals surface area (Å²) in [6.45, 7) is 1.40. The van der Waals surface area contributed by atoms with Crippen molar-refractivity contribution in [3.05, 3.63) is 53.1 Å². The molecule has 4 rings (SSSR count). The number of alkyl halides is 3. The molecule has 0 atom stereocenters. The zero-order valence-electron chi connectivity index (χ0n) is 14.3. The second-order valence-electron chi connectivity index (χ2n) is 7.66. The van der Waals surface area contributed by atoms with Crippen LogP contribution in [-0.2, 0) is 12.6 Å². The topological polar surface area (TPSA) is 52.8 Å². The molecular weight excluding hydrogens is 377 g/mol. The van der Waals surface area contributed by atoms with Crippen LogP contribution in [0.2, 0.25) is 5.02 Å². The summed E-state index contributed by atoms with van der Waals surface area (Å²) in [7, 11) is 0. The Balaban J connectivity index is 1.40. The van der Waals surface area contributed by atoms with E-state index in [9.17, 15) is 18.4 Å². The molecule has 0 aromatic carbocycles. The summed E-state index contributed by atoms with van der Waals surface area (Å²) in [5.41, 5.74) is 0.231. The van der Waals surface area contributed by atoms with Crippen molar-refractivity contribution in [1.29, 1.82) is 5.26 Å². The van der Waals surface area contributed by atoms with Gasteiger partial charge in [0.1, 0.15) is 0 Å². The van der Waals surface area contributed by atoms with E-state index in [1.807, 2.05) is 17.0 Å². The standard InChI is InChI=1S/C19H16ClF3N4/c20-15-4-14(7-26-16(15)19(21,22)23)27-11-18(12-27)8-17(9-18,10-24)5-13-2-1-3-25-6-13/h1-4,6-7H,5,8-9,11-12H2. The van der Waals surface area contributed by atoms with E-state index in [0.29, 0.717) is 25.2 Å². The Bertz CT molecular complexity index is 893. The van der Waals surface area contributed by atoms with E-state index >= 15 is 0 Å². The summed E-state index contributed by atoms with van der Waals surface area (Å²) < 4.78 is 38.3. The summed E-state index contributed by atoms with van der Waals surface area (Å²) in [6, 6.07) is 7.62. The van der Waals surface area contributed by atoms with Crippen molar-refractivity contribution in [2.75, 3.05) is 18.0 Å². The van der Waals surface area contributed by atoms with Gasteiger partial charge in [-0.15, -0.1) is 0 Å². The second kappa shape index (κ2) is 6.10. The summed E-state index contributed by atoms with van der Waals surface area (Å²) >= 11 is 5.76. The molecule has 0 unspecified atom stereocenters. The molecule has 8 heteroatoms. The number of nitrogens with zero attached hydrogens (tertiary/aromatic N) is 4. The van der Waals surface area contributed by atoms with Gasteiger partial charge < -0.3 is 4.90 Å². The molecule has 2 fully saturated rings. The lowest BCUT2D eigenvalue weighted by Crippen LogP contribution is -2.66. The molecule has 0 radical (unpaired) electrons. The van der Waals surface area contributed by atoms with Crippen LogP contribution in [-0.4, -0.2) is 23.1 Å². The van der Waals surface area contributed by atoms with Crippen molar-refractivity contribution in [2.45, 2.75) is 25.4 Å². The zero-order valence-corrected chi connectivity index (χ0v) is 15.1. The molecule has 1 aliphatic heterocycles. The number of hydrogen-bond acceptors (Lipinski definition) is 4. The van der Waals surface area contributed by atoms with Gasteiger partial charge in [0.05, 0.1) is 28.4 Å². The third kappa shape index (κ3) is 3.23. The lowest BCUT2D eigenvalue weighted by molar-refractivity contribution is -0.141. The minimum Gasteiger partial charge on any atom is -0.369 e. The van der Waals surface area contributed by atoms with Crippen LogP contribution in [0.15, 0.2) is 36.8 Å². The SMILES string of the molecule is N#CC1(Cc2cccnc2)CC2(CN(c3cnc(C(F)(F)F)c(Cl)c3)C2)C1. The second-order valence-corrected chi connectivity index (χ2v) is 8.07. The van der Waals surface area contributed by atoms with Crippen molar-refractivity contribution in [2.24, 2.45) is 10.8 Å². The Labute approximate surface area is 159 Å². The van der Waals surface area contributed by atoms with Gasteiger partial charge in [-0.1, -0.05) is 17.7 Å². The van der Waals surface area contributed by atoms with Crippen LogP contribution in [0.5, 0.6) is 0 Å². The minimum atomic E-state index is -4.56. The highest BCUT2D eigenvalue weighted by Crippen LogP contribution is 2.60. The first-order chi connectivity index (χ1) is 12.7. The third-order valence-corrected chi connectivity index (χ3v) is 5.73. The average Bonchev–Trinajstić information content (AvgIpc) is 2.55. The van der Waals surface area contributed by atoms with E-state index in [0.717, 1.165) is 18.4 Å². The van der Waals surface area contributed by atoms with Gasteiger partial charge in [-0.2, -0.15) is 18.4 Å². The molecule has 1 aliphatic carbocycles. The molecule has 0 bridgehead atoms. The van der Waals surface area contributed by atoms with E-state index in [2.05, 4.69) is 16.0 Å². The smallest absolute Gasteiger partial charge is 0.369 e. The molecule has 3 heterocycles. The van der Waals surface area contributed by atoms with Crippen LogP contribution >= 0.6 is 11.6 Å². The maximum Gasteiger partial charge on any atom is 0.434 e. The van der Waals surface area contributed by atoms with Crippen LogP contribution in [0.4, 0.5) is 18.9 Å². The highest BCUT2D eigenvalue weighted by molar-refractivity contribution is 6.31. The largest absolute Gasteiger partial charge is 0.434 e. The molecule has 0 N–H and O–H groups in total. The predicted octanol–water partition coefficient (Wildman–Crippen LogP) is 4.50. The first-order valence-electron chi connectivity index (χ1n) is 8.52. The van der Waals surface area contributed by atoms with Crippen molar-refractivity contribution in [3.8, 4) is 6.07 Å². The van der Waals surface area contributed by atoms with Gasteiger partial charge in [-0.3, -0.25) is 4.98 Å². The molecule has 1 saturated heterocycles. The summed E-state index contributed by atoms with van der Waals surface area (Å²) in [5, 5.41) is 9.27. The van der Waals surface area contributed by atoms with Gasteiger partial charge in [-0.25, -0.2) is 4.98 Å². The Hall–Kier alpha value is -2.33. The minimum absolute atomic E-state index is 0.0487. The molecule has 1 spiro atoms. The van der Waals surface area contributed by atoms with Crippen LogP contribution < -0.4 is 4.90 Å².